The quantitative estimate of drug-likeness (QED) is 0.517. The summed E-state index contributed by atoms with van der Waals surface area (Å²) in [4.78, 5) is 20.4. The van der Waals surface area contributed by atoms with Crippen LogP contribution in [0.5, 0.6) is 0 Å². The fourth-order valence-electron chi connectivity index (χ4n) is 1.96. The highest BCUT2D eigenvalue weighted by Crippen LogP contribution is 2.22. The number of alkyl halides is 3. The Kier molecular flexibility index (Phi) is 9.91. The van der Waals surface area contributed by atoms with E-state index in [2.05, 4.69) is 15.9 Å². The molecule has 0 radical (unpaired) electrons. The molecule has 0 spiro atoms. The van der Waals surface area contributed by atoms with Crippen LogP contribution in [0.2, 0.25) is 0 Å². The van der Waals surface area contributed by atoms with E-state index in [1.165, 1.54) is 0 Å². The molecule has 3 N–H and O–H groups in total. The molecule has 0 amide bonds. The molecule has 0 aliphatic rings. The highest BCUT2D eigenvalue weighted by molar-refractivity contribution is 9.10. The van der Waals surface area contributed by atoms with Crippen LogP contribution in [0.1, 0.15) is 23.6 Å². The van der Waals surface area contributed by atoms with Crippen molar-refractivity contribution in [2.75, 3.05) is 0 Å². The molecule has 2 atom stereocenters. The Labute approximate surface area is 162 Å². The van der Waals surface area contributed by atoms with E-state index in [-0.39, 0.29) is 31.6 Å². The predicted molar refractivity (Wildman–Crippen MR) is 105 cm³/mol. The number of hydrogen-bond acceptors (Lipinski definition) is 3. The Morgan fingerprint density at radius 3 is 1.85 bits per heavy atom. The summed E-state index contributed by atoms with van der Waals surface area (Å²) >= 11 is 2.70. The van der Waals surface area contributed by atoms with Gasteiger partial charge in [0.1, 0.15) is 0 Å². The molecule has 3 nitrogen and oxygen atoms in total. The van der Waals surface area contributed by atoms with Gasteiger partial charge in [-0.25, -0.2) is 8.78 Å². The summed E-state index contributed by atoms with van der Waals surface area (Å²) in [5, 5.41) is 0. The number of aldehydes is 2. The standard InChI is InChI=1S/C10H10BrFO.C10H11FO.H3N/c1-8-2-4-9(5-3-8)6-10(11,12)7-13;1-8-2-4-9(5-3-8)6-10(11)7-12;/h2-5,7H,6H2,1H3;2-5,7,10H,6H2,1H3;1H3/t;10-;/m.1./s1/i;10D;. The first-order chi connectivity index (χ1) is 12.1. The molecule has 0 saturated heterocycles. The largest absolute Gasteiger partial charge is 0.344 e. The number of hydrogen-bond donors (Lipinski definition) is 1. The minimum Gasteiger partial charge on any atom is -0.344 e. The van der Waals surface area contributed by atoms with Crippen LogP contribution in [0.15, 0.2) is 48.5 Å². The van der Waals surface area contributed by atoms with E-state index < -0.39 is 10.7 Å². The predicted octanol–water partition coefficient (Wildman–Crippen LogP) is 5.03. The lowest BCUT2D eigenvalue weighted by Gasteiger charge is -2.10. The smallest absolute Gasteiger partial charge is 0.223 e. The van der Waals surface area contributed by atoms with E-state index in [1.807, 2.05) is 50.2 Å². The van der Waals surface area contributed by atoms with Crippen molar-refractivity contribution in [2.45, 2.75) is 37.4 Å². The SMILES string of the molecule is Cc1ccc(CC(F)(Br)C=O)cc1.N.[2H][C@](F)(C=O)Cc1ccc(C)cc1. The highest BCUT2D eigenvalue weighted by Gasteiger charge is 2.24. The molecule has 6 heteroatoms. The third kappa shape index (κ3) is 9.53. The highest BCUT2D eigenvalue weighted by atomic mass is 79.9. The van der Waals surface area contributed by atoms with Gasteiger partial charge in [-0.2, -0.15) is 0 Å². The van der Waals surface area contributed by atoms with E-state index in [4.69, 9.17) is 1.37 Å². The van der Waals surface area contributed by atoms with Gasteiger partial charge in [-0.15, -0.1) is 0 Å². The van der Waals surface area contributed by atoms with Crippen LogP contribution in [0, 0.1) is 13.8 Å². The molecule has 0 aliphatic heterocycles. The number of benzene rings is 2. The van der Waals surface area contributed by atoms with Gasteiger partial charge < -0.3 is 10.9 Å². The number of carbonyl (C=O) groups excluding carboxylic acids is 2. The summed E-state index contributed by atoms with van der Waals surface area (Å²) in [5.41, 5.74) is 3.66. The van der Waals surface area contributed by atoms with Gasteiger partial charge in [0, 0.05) is 12.8 Å². The van der Waals surface area contributed by atoms with Crippen molar-refractivity contribution in [3.8, 4) is 0 Å². The Morgan fingerprint density at radius 2 is 1.46 bits per heavy atom. The van der Waals surface area contributed by atoms with E-state index in [0.29, 0.717) is 5.56 Å². The first-order valence-corrected chi connectivity index (χ1v) is 8.47. The summed E-state index contributed by atoms with van der Waals surface area (Å²) in [6.07, 6.45) is -2.32. The summed E-state index contributed by atoms with van der Waals surface area (Å²) in [6.45, 7) is 3.88. The van der Waals surface area contributed by atoms with Crippen LogP contribution in [0.25, 0.3) is 0 Å². The van der Waals surface area contributed by atoms with Crippen molar-refractivity contribution < 1.29 is 19.7 Å². The van der Waals surface area contributed by atoms with Crippen LogP contribution in [0.4, 0.5) is 8.78 Å². The average molecular weight is 429 g/mol. The van der Waals surface area contributed by atoms with Crippen LogP contribution in [-0.4, -0.2) is 23.3 Å². The molecular formula is C20H24BrF2NO2. The zero-order valence-electron chi connectivity index (χ0n) is 15.8. The second kappa shape index (κ2) is 11.6. The molecule has 0 saturated carbocycles. The maximum Gasteiger partial charge on any atom is 0.223 e. The van der Waals surface area contributed by atoms with Gasteiger partial charge in [0.25, 0.3) is 0 Å². The summed E-state index contributed by atoms with van der Waals surface area (Å²) < 4.78 is 31.1. The number of carbonyl (C=O) groups is 2. The molecule has 0 aromatic heterocycles. The Bertz CT molecular complexity index is 656. The molecule has 142 valence electrons. The zero-order chi connectivity index (χ0) is 19.8. The number of aryl methyl sites for hydroxylation is 2. The maximum absolute atomic E-state index is 13.2. The van der Waals surface area contributed by atoms with E-state index in [0.717, 1.165) is 16.7 Å². The lowest BCUT2D eigenvalue weighted by molar-refractivity contribution is -0.113. The maximum atomic E-state index is 13.2. The molecular weight excluding hydrogens is 404 g/mol. The molecule has 0 heterocycles. The van der Waals surface area contributed by atoms with Gasteiger partial charge in [0.2, 0.25) is 4.58 Å². The Balaban J connectivity index is 0.000000483. The van der Waals surface area contributed by atoms with Gasteiger partial charge >= 0.3 is 0 Å². The van der Waals surface area contributed by atoms with Crippen molar-refractivity contribution in [3.05, 3.63) is 70.8 Å². The van der Waals surface area contributed by atoms with Gasteiger partial charge in [-0.1, -0.05) is 59.7 Å². The molecule has 2 aromatic rings. The fraction of sp³-hybridized carbons (Fsp3) is 0.300. The minimum atomic E-state index is -2.49. The normalized spacial score (nSPS) is 15.0. The second-order valence-electron chi connectivity index (χ2n) is 5.77. The summed E-state index contributed by atoms with van der Waals surface area (Å²) in [6, 6.07) is 14.5. The Hall–Kier alpha value is -1.92. The van der Waals surface area contributed by atoms with Gasteiger partial charge in [0.15, 0.2) is 18.7 Å². The van der Waals surface area contributed by atoms with Crippen molar-refractivity contribution in [1.82, 2.24) is 6.15 Å². The Morgan fingerprint density at radius 1 is 1.04 bits per heavy atom. The minimum absolute atomic E-state index is 0. The third-order valence-electron chi connectivity index (χ3n) is 3.35. The molecule has 2 aromatic carbocycles. The second-order valence-corrected chi connectivity index (χ2v) is 7.09. The lowest BCUT2D eigenvalue weighted by atomic mass is 10.1. The van der Waals surface area contributed by atoms with E-state index in [9.17, 15) is 18.4 Å². The average Bonchev–Trinajstić information content (AvgIpc) is 2.59. The van der Waals surface area contributed by atoms with Crippen LogP contribution >= 0.6 is 15.9 Å². The molecule has 26 heavy (non-hydrogen) atoms. The third-order valence-corrected chi connectivity index (χ3v) is 3.82. The molecule has 2 rings (SSSR count). The van der Waals surface area contributed by atoms with Crippen molar-refractivity contribution in [3.63, 3.8) is 0 Å². The zero-order valence-corrected chi connectivity index (χ0v) is 16.4. The van der Waals surface area contributed by atoms with E-state index >= 15 is 0 Å². The lowest BCUT2D eigenvalue weighted by Crippen LogP contribution is -2.18. The summed E-state index contributed by atoms with van der Waals surface area (Å²) in [5.74, 6) is 0. The van der Waals surface area contributed by atoms with Gasteiger partial charge in [0.05, 0.1) is 1.37 Å². The van der Waals surface area contributed by atoms with Crippen LogP contribution in [-0.2, 0) is 22.4 Å². The van der Waals surface area contributed by atoms with Gasteiger partial charge in [-0.05, 0) is 40.9 Å². The molecule has 0 fully saturated rings. The number of rotatable bonds is 6. The van der Waals surface area contributed by atoms with E-state index in [1.54, 1.807) is 12.1 Å². The first-order valence-electron chi connectivity index (χ1n) is 8.17. The van der Waals surface area contributed by atoms with Gasteiger partial charge in [-0.3, -0.25) is 4.79 Å². The van der Waals surface area contributed by atoms with Crippen molar-refractivity contribution in [1.29, 1.82) is 0 Å². The topological polar surface area (TPSA) is 69.1 Å². The molecule has 1 unspecified atom stereocenters. The van der Waals surface area contributed by atoms with Crippen molar-refractivity contribution >= 4 is 28.5 Å². The molecule has 0 bridgehead atoms. The molecule has 0 aliphatic carbocycles. The van der Waals surface area contributed by atoms with Crippen molar-refractivity contribution in [2.24, 2.45) is 0 Å². The monoisotopic (exact) mass is 428 g/mol. The van der Waals surface area contributed by atoms with Crippen LogP contribution < -0.4 is 6.15 Å². The first kappa shape index (κ1) is 22.1. The van der Waals surface area contributed by atoms with Crippen LogP contribution in [0.3, 0.4) is 0 Å². The number of halogens is 3. The fourth-order valence-corrected chi connectivity index (χ4v) is 2.29. The summed E-state index contributed by atoms with van der Waals surface area (Å²) in [7, 11) is 0.